The smallest absolute Gasteiger partial charge is 0.260 e. The topological polar surface area (TPSA) is 84.0 Å². The number of para-hydroxylation sites is 1. The maximum Gasteiger partial charge on any atom is 0.260 e. The molecule has 0 aliphatic carbocycles. The molecule has 108 valence electrons. The van der Waals surface area contributed by atoms with E-state index in [4.69, 9.17) is 0 Å². The second kappa shape index (κ2) is 6.13. The van der Waals surface area contributed by atoms with Crippen LogP contribution in [0.5, 0.6) is 0 Å². The lowest BCUT2D eigenvalue weighted by Gasteiger charge is -2.10. The van der Waals surface area contributed by atoms with Gasteiger partial charge in [0.05, 0.1) is 11.3 Å². The largest absolute Gasteiger partial charge is 0.326 e. The number of hydrogen-bond donors (Lipinski definition) is 2. The number of nitrogens with zero attached hydrogens (tertiary/aromatic N) is 2. The summed E-state index contributed by atoms with van der Waals surface area (Å²) in [4.78, 5) is 31.8. The molecular formula is C15H16N4O2. The molecule has 0 atom stereocenters. The predicted molar refractivity (Wildman–Crippen MR) is 80.2 cm³/mol. The zero-order chi connectivity index (χ0) is 15.4. The van der Waals surface area contributed by atoms with Crippen LogP contribution in [0.4, 0.5) is 11.6 Å². The van der Waals surface area contributed by atoms with Gasteiger partial charge in [-0.1, -0.05) is 12.1 Å². The molecule has 0 aliphatic rings. The SMILES string of the molecule is CC(=O)Nc1ccccc1C(=O)Nc1nc(C)cc(C)n1. The Labute approximate surface area is 122 Å². The summed E-state index contributed by atoms with van der Waals surface area (Å²) < 4.78 is 0. The van der Waals surface area contributed by atoms with Gasteiger partial charge < -0.3 is 5.32 Å². The third-order valence-electron chi connectivity index (χ3n) is 2.69. The Balaban J connectivity index is 2.26. The second-order valence-electron chi connectivity index (χ2n) is 4.66. The number of amides is 2. The molecule has 2 aromatic rings. The number of nitrogens with one attached hydrogen (secondary N) is 2. The minimum absolute atomic E-state index is 0.238. The van der Waals surface area contributed by atoms with E-state index in [-0.39, 0.29) is 17.8 Å². The maximum absolute atomic E-state index is 12.3. The van der Waals surface area contributed by atoms with Crippen LogP contribution < -0.4 is 10.6 Å². The van der Waals surface area contributed by atoms with Crippen molar-refractivity contribution in [2.24, 2.45) is 0 Å². The number of aryl methyl sites for hydroxylation is 2. The summed E-state index contributed by atoms with van der Waals surface area (Å²) in [6, 6.07) is 8.58. The summed E-state index contributed by atoms with van der Waals surface area (Å²) in [6.07, 6.45) is 0. The molecule has 2 amide bonds. The Bertz CT molecular complexity index is 678. The van der Waals surface area contributed by atoms with Crippen molar-refractivity contribution in [3.8, 4) is 0 Å². The van der Waals surface area contributed by atoms with Gasteiger partial charge in [0.25, 0.3) is 5.91 Å². The van der Waals surface area contributed by atoms with Crippen molar-refractivity contribution < 1.29 is 9.59 Å². The van der Waals surface area contributed by atoms with Gasteiger partial charge in [0, 0.05) is 18.3 Å². The number of carbonyl (C=O) groups is 2. The first kappa shape index (κ1) is 14.6. The normalized spacial score (nSPS) is 10.0. The van der Waals surface area contributed by atoms with Crippen molar-refractivity contribution in [2.45, 2.75) is 20.8 Å². The highest BCUT2D eigenvalue weighted by atomic mass is 16.2. The molecule has 0 fully saturated rings. The van der Waals surface area contributed by atoms with E-state index in [2.05, 4.69) is 20.6 Å². The lowest BCUT2D eigenvalue weighted by Crippen LogP contribution is -2.18. The van der Waals surface area contributed by atoms with Gasteiger partial charge >= 0.3 is 0 Å². The first-order chi connectivity index (χ1) is 9.95. The lowest BCUT2D eigenvalue weighted by molar-refractivity contribution is -0.114. The number of aromatic nitrogens is 2. The van der Waals surface area contributed by atoms with Crippen LogP contribution in [0, 0.1) is 13.8 Å². The van der Waals surface area contributed by atoms with E-state index in [1.54, 1.807) is 24.3 Å². The summed E-state index contributed by atoms with van der Waals surface area (Å²) in [6.45, 7) is 5.05. The summed E-state index contributed by atoms with van der Waals surface area (Å²) in [7, 11) is 0. The Kier molecular flexibility index (Phi) is 4.27. The van der Waals surface area contributed by atoms with Crippen LogP contribution in [0.3, 0.4) is 0 Å². The van der Waals surface area contributed by atoms with Crippen LogP contribution >= 0.6 is 0 Å². The van der Waals surface area contributed by atoms with E-state index in [1.807, 2.05) is 19.9 Å². The molecule has 0 spiro atoms. The zero-order valence-electron chi connectivity index (χ0n) is 12.1. The molecule has 1 aromatic heterocycles. The minimum atomic E-state index is -0.371. The molecule has 1 aromatic carbocycles. The van der Waals surface area contributed by atoms with Gasteiger partial charge in [0.15, 0.2) is 0 Å². The molecule has 1 heterocycles. The third-order valence-corrected chi connectivity index (χ3v) is 2.69. The molecule has 0 saturated carbocycles. The molecule has 0 saturated heterocycles. The number of anilines is 2. The van der Waals surface area contributed by atoms with Crippen molar-refractivity contribution in [3.63, 3.8) is 0 Å². The Hall–Kier alpha value is -2.76. The zero-order valence-corrected chi connectivity index (χ0v) is 12.1. The van der Waals surface area contributed by atoms with Crippen molar-refractivity contribution >= 4 is 23.5 Å². The third kappa shape index (κ3) is 3.85. The standard InChI is InChI=1S/C15H16N4O2/c1-9-8-10(2)17-15(16-9)19-14(21)12-6-4-5-7-13(12)18-11(3)20/h4-8H,1-3H3,(H,18,20)(H,16,17,19,21). The molecule has 2 N–H and O–H groups in total. The van der Waals surface area contributed by atoms with E-state index < -0.39 is 0 Å². The van der Waals surface area contributed by atoms with Gasteiger partial charge in [-0.2, -0.15) is 0 Å². The molecule has 6 nitrogen and oxygen atoms in total. The molecule has 6 heteroatoms. The van der Waals surface area contributed by atoms with Crippen molar-refractivity contribution in [1.29, 1.82) is 0 Å². The highest BCUT2D eigenvalue weighted by Gasteiger charge is 2.13. The first-order valence-electron chi connectivity index (χ1n) is 6.46. The monoisotopic (exact) mass is 284 g/mol. The number of hydrogen-bond acceptors (Lipinski definition) is 4. The molecule has 0 aliphatic heterocycles. The lowest BCUT2D eigenvalue weighted by atomic mass is 10.1. The number of carbonyl (C=O) groups excluding carboxylic acids is 2. The van der Waals surface area contributed by atoms with Gasteiger partial charge in [0.1, 0.15) is 0 Å². The van der Waals surface area contributed by atoms with Crippen molar-refractivity contribution in [2.75, 3.05) is 10.6 Å². The van der Waals surface area contributed by atoms with E-state index >= 15 is 0 Å². The van der Waals surface area contributed by atoms with Gasteiger partial charge in [0.2, 0.25) is 11.9 Å². The molecule has 21 heavy (non-hydrogen) atoms. The molecular weight excluding hydrogens is 268 g/mol. The Morgan fingerprint density at radius 2 is 1.62 bits per heavy atom. The van der Waals surface area contributed by atoms with Crippen LogP contribution in [0.1, 0.15) is 28.7 Å². The predicted octanol–water partition coefficient (Wildman–Crippen LogP) is 2.30. The first-order valence-corrected chi connectivity index (χ1v) is 6.46. The summed E-state index contributed by atoms with van der Waals surface area (Å²) in [5.74, 6) is -0.364. The Morgan fingerprint density at radius 3 is 2.24 bits per heavy atom. The van der Waals surface area contributed by atoms with Gasteiger partial charge in [-0.05, 0) is 32.0 Å². The summed E-state index contributed by atoms with van der Waals surface area (Å²) in [5.41, 5.74) is 2.35. The van der Waals surface area contributed by atoms with E-state index in [1.165, 1.54) is 6.92 Å². The van der Waals surface area contributed by atoms with Crippen molar-refractivity contribution in [3.05, 3.63) is 47.3 Å². The van der Waals surface area contributed by atoms with Crippen LogP contribution in [-0.2, 0) is 4.79 Å². The highest BCUT2D eigenvalue weighted by molar-refractivity contribution is 6.09. The second-order valence-corrected chi connectivity index (χ2v) is 4.66. The Morgan fingerprint density at radius 1 is 1.00 bits per heavy atom. The maximum atomic E-state index is 12.3. The quantitative estimate of drug-likeness (QED) is 0.905. The fourth-order valence-electron chi connectivity index (χ4n) is 1.93. The van der Waals surface area contributed by atoms with Crippen molar-refractivity contribution in [1.82, 2.24) is 9.97 Å². The number of benzene rings is 1. The van der Waals surface area contributed by atoms with E-state index in [9.17, 15) is 9.59 Å². The van der Waals surface area contributed by atoms with Gasteiger partial charge in [-0.15, -0.1) is 0 Å². The summed E-state index contributed by atoms with van der Waals surface area (Å²) in [5, 5.41) is 5.26. The minimum Gasteiger partial charge on any atom is -0.326 e. The van der Waals surface area contributed by atoms with Crippen LogP contribution in [-0.4, -0.2) is 21.8 Å². The van der Waals surface area contributed by atoms with Crippen LogP contribution in [0.2, 0.25) is 0 Å². The molecule has 0 bridgehead atoms. The van der Waals surface area contributed by atoms with E-state index in [0.717, 1.165) is 11.4 Å². The average molecular weight is 284 g/mol. The van der Waals surface area contributed by atoms with E-state index in [0.29, 0.717) is 11.3 Å². The van der Waals surface area contributed by atoms with Crippen LogP contribution in [0.15, 0.2) is 30.3 Å². The number of rotatable bonds is 3. The highest BCUT2D eigenvalue weighted by Crippen LogP contribution is 2.16. The van der Waals surface area contributed by atoms with Gasteiger partial charge in [-0.25, -0.2) is 9.97 Å². The fraction of sp³-hybridized carbons (Fsp3) is 0.200. The molecule has 0 radical (unpaired) electrons. The molecule has 0 unspecified atom stereocenters. The average Bonchev–Trinajstić information content (AvgIpc) is 2.37. The summed E-state index contributed by atoms with van der Waals surface area (Å²) >= 11 is 0. The fourth-order valence-corrected chi connectivity index (χ4v) is 1.93. The molecule has 2 rings (SSSR count). The van der Waals surface area contributed by atoms with Crippen LogP contribution in [0.25, 0.3) is 0 Å². The van der Waals surface area contributed by atoms with Gasteiger partial charge in [-0.3, -0.25) is 14.9 Å².